The summed E-state index contributed by atoms with van der Waals surface area (Å²) in [5.41, 5.74) is 3.79. The first-order valence-corrected chi connectivity index (χ1v) is 6.42. The van der Waals surface area contributed by atoms with E-state index in [2.05, 4.69) is 66.5 Å². The number of hydrogen-bond donors (Lipinski definition) is 2. The van der Waals surface area contributed by atoms with E-state index in [1.165, 1.54) is 16.7 Å². The number of rotatable bonds is 4. The van der Waals surface area contributed by atoms with Crippen molar-refractivity contribution < 1.29 is 0 Å². The molecule has 1 atom stereocenters. The molecule has 0 amide bonds. The molecule has 0 bridgehead atoms. The van der Waals surface area contributed by atoms with Crippen LogP contribution in [0.25, 0.3) is 11.1 Å². The molecule has 0 aliphatic heterocycles. The van der Waals surface area contributed by atoms with Crippen LogP contribution in [-0.2, 0) is 0 Å². The molecule has 1 N–H and O–H groups in total. The van der Waals surface area contributed by atoms with Crippen molar-refractivity contribution in [3.05, 3.63) is 60.2 Å². The van der Waals surface area contributed by atoms with Crippen LogP contribution in [0.1, 0.15) is 11.6 Å². The molecule has 17 heavy (non-hydrogen) atoms. The van der Waals surface area contributed by atoms with Crippen LogP contribution in [0.15, 0.2) is 54.6 Å². The molecule has 2 rings (SSSR count). The van der Waals surface area contributed by atoms with E-state index in [9.17, 15) is 0 Å². The first kappa shape index (κ1) is 12.2. The summed E-state index contributed by atoms with van der Waals surface area (Å²) in [4.78, 5) is 0. The summed E-state index contributed by atoms with van der Waals surface area (Å²) in [6.07, 6.45) is 0. The average Bonchev–Trinajstić information content (AvgIpc) is 2.42. The van der Waals surface area contributed by atoms with Gasteiger partial charge in [0.05, 0.1) is 0 Å². The molecule has 1 unspecified atom stereocenters. The van der Waals surface area contributed by atoms with Crippen LogP contribution in [0.5, 0.6) is 0 Å². The van der Waals surface area contributed by atoms with E-state index in [-0.39, 0.29) is 0 Å². The molecule has 1 nitrogen and oxygen atoms in total. The van der Waals surface area contributed by atoms with Gasteiger partial charge in [0.25, 0.3) is 0 Å². The quantitative estimate of drug-likeness (QED) is 0.783. The van der Waals surface area contributed by atoms with E-state index >= 15 is 0 Å². The summed E-state index contributed by atoms with van der Waals surface area (Å²) >= 11 is 4.34. The lowest BCUT2D eigenvalue weighted by atomic mass is 10.0. The molecule has 2 aromatic carbocycles. The van der Waals surface area contributed by atoms with E-state index in [1.807, 2.05) is 13.1 Å². The Hall–Kier alpha value is -1.25. The first-order valence-electron chi connectivity index (χ1n) is 5.78. The summed E-state index contributed by atoms with van der Waals surface area (Å²) in [6, 6.07) is 19.4. The van der Waals surface area contributed by atoms with Crippen molar-refractivity contribution in [3.63, 3.8) is 0 Å². The summed E-state index contributed by atoms with van der Waals surface area (Å²) in [7, 11) is 1.96. The van der Waals surface area contributed by atoms with Crippen molar-refractivity contribution in [3.8, 4) is 11.1 Å². The molecule has 88 valence electrons. The van der Waals surface area contributed by atoms with Crippen LogP contribution in [0, 0.1) is 0 Å². The van der Waals surface area contributed by atoms with Gasteiger partial charge in [0.2, 0.25) is 0 Å². The van der Waals surface area contributed by atoms with Gasteiger partial charge in [0.1, 0.15) is 0 Å². The maximum atomic E-state index is 4.34. The van der Waals surface area contributed by atoms with Gasteiger partial charge in [-0.15, -0.1) is 0 Å². The molecule has 0 fully saturated rings. The summed E-state index contributed by atoms with van der Waals surface area (Å²) < 4.78 is 0. The molecule has 0 aliphatic rings. The molecule has 0 heterocycles. The van der Waals surface area contributed by atoms with Gasteiger partial charge in [-0.25, -0.2) is 0 Å². The number of benzene rings is 2. The lowest BCUT2D eigenvalue weighted by molar-refractivity contribution is 0.663. The van der Waals surface area contributed by atoms with Crippen molar-refractivity contribution in [2.24, 2.45) is 0 Å². The molecular weight excluding hydrogens is 226 g/mol. The molecular formula is C15H17NS. The van der Waals surface area contributed by atoms with Crippen LogP contribution in [0.4, 0.5) is 0 Å². The first-order chi connectivity index (χ1) is 8.35. The molecule has 2 heteroatoms. The third-order valence-corrected chi connectivity index (χ3v) is 3.32. The second-order valence-electron chi connectivity index (χ2n) is 4.01. The minimum atomic E-state index is 0.322. The summed E-state index contributed by atoms with van der Waals surface area (Å²) in [5, 5.41) is 3.25. The smallest absolute Gasteiger partial charge is 0.0406 e. The van der Waals surface area contributed by atoms with Gasteiger partial charge in [0.15, 0.2) is 0 Å². The topological polar surface area (TPSA) is 12.0 Å². The van der Waals surface area contributed by atoms with E-state index in [0.717, 1.165) is 5.75 Å². The number of thiol groups is 1. The van der Waals surface area contributed by atoms with Crippen LogP contribution in [0.3, 0.4) is 0 Å². The fraction of sp³-hybridized carbons (Fsp3) is 0.200. The average molecular weight is 243 g/mol. The Morgan fingerprint density at radius 3 is 2.06 bits per heavy atom. The Morgan fingerprint density at radius 1 is 0.941 bits per heavy atom. The van der Waals surface area contributed by atoms with E-state index in [0.29, 0.717) is 6.04 Å². The summed E-state index contributed by atoms with van der Waals surface area (Å²) in [5.74, 6) is 0.807. The molecule has 0 radical (unpaired) electrons. The van der Waals surface area contributed by atoms with Crippen molar-refractivity contribution >= 4 is 12.6 Å². The predicted octanol–water partition coefficient (Wildman–Crippen LogP) is 3.54. The van der Waals surface area contributed by atoms with Crippen LogP contribution in [0.2, 0.25) is 0 Å². The Labute approximate surface area is 108 Å². The highest BCUT2D eigenvalue weighted by molar-refractivity contribution is 7.80. The zero-order valence-corrected chi connectivity index (χ0v) is 10.8. The van der Waals surface area contributed by atoms with E-state index in [1.54, 1.807) is 0 Å². The van der Waals surface area contributed by atoms with Gasteiger partial charge in [0, 0.05) is 11.8 Å². The lowest BCUT2D eigenvalue weighted by Crippen LogP contribution is -2.17. The lowest BCUT2D eigenvalue weighted by Gasteiger charge is -2.14. The van der Waals surface area contributed by atoms with E-state index in [4.69, 9.17) is 0 Å². The molecule has 0 saturated heterocycles. The minimum Gasteiger partial charge on any atom is -0.312 e. The molecule has 0 aliphatic carbocycles. The zero-order valence-electron chi connectivity index (χ0n) is 9.93. The van der Waals surface area contributed by atoms with Gasteiger partial charge in [-0.3, -0.25) is 0 Å². The highest BCUT2D eigenvalue weighted by atomic mass is 32.1. The van der Waals surface area contributed by atoms with Gasteiger partial charge < -0.3 is 5.32 Å². The second-order valence-corrected chi connectivity index (χ2v) is 4.38. The van der Waals surface area contributed by atoms with E-state index < -0.39 is 0 Å². The third-order valence-electron chi connectivity index (χ3n) is 2.95. The summed E-state index contributed by atoms with van der Waals surface area (Å²) in [6.45, 7) is 0. The normalized spacial score (nSPS) is 12.4. The Bertz CT molecular complexity index is 446. The van der Waals surface area contributed by atoms with Crippen LogP contribution >= 0.6 is 12.6 Å². The van der Waals surface area contributed by atoms with Gasteiger partial charge >= 0.3 is 0 Å². The van der Waals surface area contributed by atoms with Crippen LogP contribution < -0.4 is 5.32 Å². The number of nitrogens with one attached hydrogen (secondary N) is 1. The van der Waals surface area contributed by atoms with Gasteiger partial charge in [-0.2, -0.15) is 12.6 Å². The second kappa shape index (κ2) is 5.89. The van der Waals surface area contributed by atoms with Gasteiger partial charge in [-0.05, 0) is 23.7 Å². The van der Waals surface area contributed by atoms with Crippen molar-refractivity contribution in [2.75, 3.05) is 12.8 Å². The van der Waals surface area contributed by atoms with Crippen LogP contribution in [-0.4, -0.2) is 12.8 Å². The largest absolute Gasteiger partial charge is 0.312 e. The maximum absolute atomic E-state index is 4.34. The van der Waals surface area contributed by atoms with Crippen molar-refractivity contribution in [1.82, 2.24) is 5.32 Å². The molecule has 2 aromatic rings. The molecule has 0 spiro atoms. The standard InChI is InChI=1S/C15H17NS/c1-16-15(11-17)14-9-7-13(8-10-14)12-5-3-2-4-6-12/h2-10,15-17H,11H2,1H3. The Kier molecular flexibility index (Phi) is 4.24. The molecule has 0 aromatic heterocycles. The fourth-order valence-electron chi connectivity index (χ4n) is 1.90. The number of hydrogen-bond acceptors (Lipinski definition) is 2. The van der Waals surface area contributed by atoms with Crippen molar-refractivity contribution in [2.45, 2.75) is 6.04 Å². The predicted molar refractivity (Wildman–Crippen MR) is 77.5 cm³/mol. The van der Waals surface area contributed by atoms with Crippen molar-refractivity contribution in [1.29, 1.82) is 0 Å². The molecule has 0 saturated carbocycles. The fourth-order valence-corrected chi connectivity index (χ4v) is 2.30. The minimum absolute atomic E-state index is 0.322. The zero-order chi connectivity index (χ0) is 12.1. The Morgan fingerprint density at radius 2 is 1.53 bits per heavy atom. The van der Waals surface area contributed by atoms with Gasteiger partial charge in [-0.1, -0.05) is 54.6 Å². The Balaban J connectivity index is 2.24. The maximum Gasteiger partial charge on any atom is 0.0406 e. The monoisotopic (exact) mass is 243 g/mol. The highest BCUT2D eigenvalue weighted by Gasteiger charge is 2.06. The third kappa shape index (κ3) is 2.90. The SMILES string of the molecule is CNC(CS)c1ccc(-c2ccccc2)cc1. The highest BCUT2D eigenvalue weighted by Crippen LogP contribution is 2.22.